The van der Waals surface area contributed by atoms with E-state index in [4.69, 9.17) is 5.73 Å². The van der Waals surface area contributed by atoms with Crippen molar-refractivity contribution < 1.29 is 13.2 Å². The van der Waals surface area contributed by atoms with E-state index in [9.17, 15) is 13.2 Å². The van der Waals surface area contributed by atoms with Crippen LogP contribution in [-0.4, -0.2) is 38.8 Å². The van der Waals surface area contributed by atoms with Gasteiger partial charge in [-0.1, -0.05) is 13.8 Å². The van der Waals surface area contributed by atoms with Crippen LogP contribution in [0.4, 0.5) is 5.69 Å². The fraction of sp³-hybridized carbons (Fsp3) is 0.462. The Morgan fingerprint density at radius 2 is 1.85 bits per heavy atom. The molecule has 1 amide bonds. The monoisotopic (exact) mass is 299 g/mol. The third-order valence-electron chi connectivity index (χ3n) is 2.66. The van der Waals surface area contributed by atoms with Gasteiger partial charge < -0.3 is 11.1 Å². The second-order valence-corrected chi connectivity index (χ2v) is 7.07. The van der Waals surface area contributed by atoms with Crippen molar-refractivity contribution in [3.63, 3.8) is 0 Å². The molecule has 0 aliphatic carbocycles. The highest BCUT2D eigenvalue weighted by atomic mass is 32.2. The topological polar surface area (TPSA) is 92.5 Å². The van der Waals surface area contributed by atoms with Crippen molar-refractivity contribution in [1.29, 1.82) is 0 Å². The van der Waals surface area contributed by atoms with E-state index in [2.05, 4.69) is 5.32 Å². The summed E-state index contributed by atoms with van der Waals surface area (Å²) in [6, 6.07) is 5.87. The maximum Gasteiger partial charge on any atom is 0.243 e. The van der Waals surface area contributed by atoms with Crippen LogP contribution in [0.15, 0.2) is 29.2 Å². The number of hydrogen-bond acceptors (Lipinski definition) is 4. The van der Waals surface area contributed by atoms with Crippen molar-refractivity contribution in [2.45, 2.75) is 18.7 Å². The van der Waals surface area contributed by atoms with Crippen molar-refractivity contribution in [3.8, 4) is 0 Å². The lowest BCUT2D eigenvalue weighted by Gasteiger charge is -2.17. The van der Waals surface area contributed by atoms with Crippen LogP contribution in [0, 0.1) is 5.92 Å². The van der Waals surface area contributed by atoms with E-state index in [0.29, 0.717) is 18.2 Å². The van der Waals surface area contributed by atoms with Gasteiger partial charge in [0.2, 0.25) is 15.9 Å². The van der Waals surface area contributed by atoms with Crippen LogP contribution in [0.25, 0.3) is 0 Å². The number of anilines is 1. The third-order valence-corrected chi connectivity index (χ3v) is 4.48. The van der Waals surface area contributed by atoms with Gasteiger partial charge in [-0.2, -0.15) is 4.31 Å². The van der Waals surface area contributed by atoms with E-state index in [0.717, 1.165) is 4.31 Å². The van der Waals surface area contributed by atoms with Crippen LogP contribution in [0.3, 0.4) is 0 Å². The zero-order valence-corrected chi connectivity index (χ0v) is 12.8. The summed E-state index contributed by atoms with van der Waals surface area (Å²) in [7, 11) is -2.30. The highest BCUT2D eigenvalue weighted by Gasteiger charge is 2.22. The van der Waals surface area contributed by atoms with Crippen molar-refractivity contribution in [2.75, 3.05) is 25.9 Å². The minimum Gasteiger partial charge on any atom is -0.399 e. The number of sulfonamides is 1. The Bertz CT molecular complexity index is 553. The Labute approximate surface area is 120 Å². The fourth-order valence-corrected chi connectivity index (χ4v) is 2.61. The van der Waals surface area contributed by atoms with Gasteiger partial charge in [-0.05, 0) is 30.2 Å². The van der Waals surface area contributed by atoms with Gasteiger partial charge in [0.05, 0.1) is 11.4 Å². The summed E-state index contributed by atoms with van der Waals surface area (Å²) in [4.78, 5) is 11.8. The van der Waals surface area contributed by atoms with Crippen molar-refractivity contribution >= 4 is 21.6 Å². The van der Waals surface area contributed by atoms with Crippen LogP contribution in [0.2, 0.25) is 0 Å². The van der Waals surface area contributed by atoms with Gasteiger partial charge in [-0.15, -0.1) is 0 Å². The van der Waals surface area contributed by atoms with E-state index in [1.165, 1.54) is 31.3 Å². The number of likely N-dealkylation sites (N-methyl/N-ethyl adjacent to an activating group) is 1. The summed E-state index contributed by atoms with van der Waals surface area (Å²) < 4.78 is 25.5. The van der Waals surface area contributed by atoms with Crippen molar-refractivity contribution in [1.82, 2.24) is 9.62 Å². The molecule has 0 atom stereocenters. The molecule has 0 saturated carbocycles. The highest BCUT2D eigenvalue weighted by Crippen LogP contribution is 2.15. The van der Waals surface area contributed by atoms with E-state index < -0.39 is 10.0 Å². The number of benzene rings is 1. The molecule has 0 spiro atoms. The SMILES string of the molecule is CC(C)CNC(=O)CN(C)S(=O)(=O)c1ccc(N)cc1. The summed E-state index contributed by atoms with van der Waals surface area (Å²) in [6.45, 7) is 4.25. The standard InChI is InChI=1S/C13H21N3O3S/c1-10(2)8-15-13(17)9-16(3)20(18,19)12-6-4-11(14)5-7-12/h4-7,10H,8-9,14H2,1-3H3,(H,15,17). The predicted molar refractivity (Wildman–Crippen MR) is 78.5 cm³/mol. The molecule has 20 heavy (non-hydrogen) atoms. The van der Waals surface area contributed by atoms with Gasteiger partial charge in [-0.25, -0.2) is 8.42 Å². The lowest BCUT2D eigenvalue weighted by molar-refractivity contribution is -0.121. The molecular formula is C13H21N3O3S. The molecule has 1 aromatic carbocycles. The number of amides is 1. The third kappa shape index (κ3) is 4.50. The van der Waals surface area contributed by atoms with Crippen LogP contribution >= 0.6 is 0 Å². The first-order valence-electron chi connectivity index (χ1n) is 6.32. The van der Waals surface area contributed by atoms with Crippen molar-refractivity contribution in [2.24, 2.45) is 5.92 Å². The van der Waals surface area contributed by atoms with E-state index in [1.807, 2.05) is 13.8 Å². The first-order chi connectivity index (χ1) is 9.23. The first kappa shape index (κ1) is 16.5. The molecule has 7 heteroatoms. The molecule has 0 fully saturated rings. The molecule has 0 saturated heterocycles. The van der Waals surface area contributed by atoms with Gasteiger partial charge in [0.25, 0.3) is 0 Å². The van der Waals surface area contributed by atoms with Gasteiger partial charge in [-0.3, -0.25) is 4.79 Å². The zero-order chi connectivity index (χ0) is 15.3. The molecule has 1 aromatic rings. The lowest BCUT2D eigenvalue weighted by Crippen LogP contribution is -2.39. The minimum absolute atomic E-state index is 0.117. The maximum absolute atomic E-state index is 12.2. The molecule has 1 rings (SSSR count). The quantitative estimate of drug-likeness (QED) is 0.755. The molecule has 0 aliphatic heterocycles. The van der Waals surface area contributed by atoms with Gasteiger partial charge in [0, 0.05) is 19.3 Å². The number of nitrogens with zero attached hydrogens (tertiary/aromatic N) is 1. The molecule has 0 heterocycles. The fourth-order valence-electron chi connectivity index (χ4n) is 1.48. The number of carbonyl (C=O) groups excluding carboxylic acids is 1. The Hall–Kier alpha value is -1.60. The number of nitrogen functional groups attached to an aromatic ring is 1. The van der Waals surface area contributed by atoms with Crippen LogP contribution < -0.4 is 11.1 Å². The normalized spacial score (nSPS) is 11.8. The molecule has 3 N–H and O–H groups in total. The Morgan fingerprint density at radius 3 is 2.35 bits per heavy atom. The van der Waals surface area contributed by atoms with Gasteiger partial charge in [0.1, 0.15) is 0 Å². The number of nitrogens with two attached hydrogens (primary N) is 1. The van der Waals surface area contributed by atoms with Crippen LogP contribution in [0.5, 0.6) is 0 Å². The summed E-state index contributed by atoms with van der Waals surface area (Å²) >= 11 is 0. The average Bonchev–Trinajstić information content (AvgIpc) is 2.36. The van der Waals surface area contributed by atoms with Crippen molar-refractivity contribution in [3.05, 3.63) is 24.3 Å². The number of carbonyl (C=O) groups is 1. The minimum atomic E-state index is -3.67. The highest BCUT2D eigenvalue weighted by molar-refractivity contribution is 7.89. The van der Waals surface area contributed by atoms with E-state index >= 15 is 0 Å². The smallest absolute Gasteiger partial charge is 0.243 e. The number of rotatable bonds is 6. The molecular weight excluding hydrogens is 278 g/mol. The second kappa shape index (κ2) is 6.71. The molecule has 0 aromatic heterocycles. The van der Waals surface area contributed by atoms with Gasteiger partial charge in [0.15, 0.2) is 0 Å². The summed E-state index contributed by atoms with van der Waals surface area (Å²) in [5, 5.41) is 2.68. The second-order valence-electron chi connectivity index (χ2n) is 5.03. The average molecular weight is 299 g/mol. The summed E-state index contributed by atoms with van der Waals surface area (Å²) in [5.74, 6) is -0.00168. The zero-order valence-electron chi connectivity index (χ0n) is 12.0. The predicted octanol–water partition coefficient (Wildman–Crippen LogP) is 0.662. The largest absolute Gasteiger partial charge is 0.399 e. The Morgan fingerprint density at radius 1 is 1.30 bits per heavy atom. The summed E-state index contributed by atoms with van der Waals surface area (Å²) in [6.07, 6.45) is 0. The van der Waals surface area contributed by atoms with Gasteiger partial charge >= 0.3 is 0 Å². The number of nitrogens with one attached hydrogen (secondary N) is 1. The van der Waals surface area contributed by atoms with Crippen LogP contribution in [0.1, 0.15) is 13.8 Å². The summed E-state index contributed by atoms with van der Waals surface area (Å²) in [5.41, 5.74) is 6.01. The maximum atomic E-state index is 12.2. The molecule has 0 radical (unpaired) electrons. The Kier molecular flexibility index (Phi) is 5.52. The lowest BCUT2D eigenvalue weighted by atomic mass is 10.2. The molecule has 6 nitrogen and oxygen atoms in total. The Balaban J connectivity index is 2.72. The van der Waals surface area contributed by atoms with Crippen LogP contribution in [-0.2, 0) is 14.8 Å². The van der Waals surface area contributed by atoms with E-state index in [-0.39, 0.29) is 17.3 Å². The molecule has 0 bridgehead atoms. The molecule has 0 unspecified atom stereocenters. The molecule has 112 valence electrons. The van der Waals surface area contributed by atoms with E-state index in [1.54, 1.807) is 0 Å². The first-order valence-corrected chi connectivity index (χ1v) is 7.76. The number of hydrogen-bond donors (Lipinski definition) is 2. The molecule has 0 aliphatic rings.